The van der Waals surface area contributed by atoms with Crippen molar-refractivity contribution in [2.45, 2.75) is 0 Å². The van der Waals surface area contributed by atoms with E-state index in [1.54, 1.807) is 0 Å². The fourth-order valence-corrected chi connectivity index (χ4v) is 2.19. The van der Waals surface area contributed by atoms with Crippen molar-refractivity contribution in [1.82, 2.24) is 15.0 Å². The summed E-state index contributed by atoms with van der Waals surface area (Å²) in [5.74, 6) is 1.05. The number of aromatic nitrogens is 3. The Morgan fingerprint density at radius 2 is 1.47 bits per heavy atom. The van der Waals surface area contributed by atoms with E-state index < -0.39 is 0 Å². The molecule has 8 nitrogen and oxygen atoms in total. The molecule has 0 radical (unpaired) electrons. The van der Waals surface area contributed by atoms with E-state index in [-0.39, 0.29) is 5.69 Å². The Morgan fingerprint density at radius 3 is 2.11 bits per heavy atom. The Hall–Kier alpha value is -1.67. The van der Waals surface area contributed by atoms with Crippen molar-refractivity contribution in [2.24, 2.45) is 0 Å². The molecule has 0 unspecified atom stereocenters. The van der Waals surface area contributed by atoms with Gasteiger partial charge in [-0.3, -0.25) is 4.98 Å². The van der Waals surface area contributed by atoms with E-state index in [0.717, 1.165) is 13.1 Å². The van der Waals surface area contributed by atoms with Gasteiger partial charge in [-0.1, -0.05) is 0 Å². The van der Waals surface area contributed by atoms with Crippen LogP contribution < -0.4 is 15.5 Å². The van der Waals surface area contributed by atoms with Gasteiger partial charge in [-0.2, -0.15) is 9.97 Å². The van der Waals surface area contributed by atoms with Crippen molar-refractivity contribution >= 4 is 11.9 Å². The summed E-state index contributed by atoms with van der Waals surface area (Å²) in [7, 11) is 0. The Kier molecular flexibility index (Phi) is 3.60. The van der Waals surface area contributed by atoms with E-state index in [0.29, 0.717) is 51.4 Å². The number of H-pyrrole nitrogens is 1. The average Bonchev–Trinajstić information content (AvgIpc) is 2.48. The lowest BCUT2D eigenvalue weighted by atomic mass is 10.4. The maximum Gasteiger partial charge on any atom is 0.351 e. The molecule has 19 heavy (non-hydrogen) atoms. The first kappa shape index (κ1) is 12.4. The van der Waals surface area contributed by atoms with Gasteiger partial charge in [0.15, 0.2) is 0 Å². The minimum atomic E-state index is -0.363. The van der Waals surface area contributed by atoms with Gasteiger partial charge in [0.25, 0.3) is 0 Å². The molecule has 1 N–H and O–H groups in total. The topological polar surface area (TPSA) is 83.6 Å². The number of hydrogen-bond acceptors (Lipinski definition) is 7. The van der Waals surface area contributed by atoms with E-state index in [2.05, 4.69) is 15.0 Å². The number of anilines is 2. The van der Waals surface area contributed by atoms with Gasteiger partial charge in [-0.25, -0.2) is 4.79 Å². The highest BCUT2D eigenvalue weighted by Crippen LogP contribution is 2.13. The SMILES string of the molecule is O=c1nc(N2CCOCC2)nc(N2CCOCC2)[nH]1. The summed E-state index contributed by atoms with van der Waals surface area (Å²) >= 11 is 0. The third-order valence-electron chi connectivity index (χ3n) is 3.23. The molecule has 8 heteroatoms. The highest BCUT2D eigenvalue weighted by Gasteiger charge is 2.18. The van der Waals surface area contributed by atoms with Crippen LogP contribution in [-0.4, -0.2) is 67.6 Å². The van der Waals surface area contributed by atoms with Crippen LogP contribution in [0.15, 0.2) is 4.79 Å². The van der Waals surface area contributed by atoms with E-state index in [4.69, 9.17) is 9.47 Å². The molecular formula is C11H17N5O3. The number of nitrogens with one attached hydrogen (secondary N) is 1. The Bertz CT molecular complexity index is 440. The van der Waals surface area contributed by atoms with Crippen LogP contribution >= 0.6 is 0 Å². The highest BCUT2D eigenvalue weighted by atomic mass is 16.5. The molecule has 3 heterocycles. The third kappa shape index (κ3) is 2.85. The molecule has 0 aromatic carbocycles. The van der Waals surface area contributed by atoms with Crippen LogP contribution in [0.3, 0.4) is 0 Å². The van der Waals surface area contributed by atoms with Crippen LogP contribution in [-0.2, 0) is 9.47 Å². The number of hydrogen-bond donors (Lipinski definition) is 1. The van der Waals surface area contributed by atoms with Crippen LogP contribution in [0.2, 0.25) is 0 Å². The Labute approximate surface area is 110 Å². The molecule has 104 valence electrons. The lowest BCUT2D eigenvalue weighted by molar-refractivity contribution is 0.121. The van der Waals surface area contributed by atoms with Crippen molar-refractivity contribution in [1.29, 1.82) is 0 Å². The smallest absolute Gasteiger partial charge is 0.351 e. The predicted molar refractivity (Wildman–Crippen MR) is 68.7 cm³/mol. The van der Waals surface area contributed by atoms with Crippen LogP contribution in [0, 0.1) is 0 Å². The molecule has 0 amide bonds. The van der Waals surface area contributed by atoms with E-state index in [9.17, 15) is 4.79 Å². The molecule has 1 aromatic rings. The maximum atomic E-state index is 11.7. The minimum Gasteiger partial charge on any atom is -0.378 e. The van der Waals surface area contributed by atoms with Crippen LogP contribution in [0.1, 0.15) is 0 Å². The van der Waals surface area contributed by atoms with Gasteiger partial charge in [-0.05, 0) is 0 Å². The van der Waals surface area contributed by atoms with Gasteiger partial charge in [0.05, 0.1) is 26.4 Å². The normalized spacial score (nSPS) is 20.6. The standard InChI is InChI=1S/C11H17N5O3/c17-11-13-9(15-1-5-18-6-2-15)12-10(14-11)16-3-7-19-8-4-16/h1-8H2,(H,12,13,14,17). The first-order valence-corrected chi connectivity index (χ1v) is 6.47. The molecule has 3 rings (SSSR count). The Morgan fingerprint density at radius 1 is 0.895 bits per heavy atom. The van der Waals surface area contributed by atoms with E-state index in [1.165, 1.54) is 0 Å². The molecule has 0 aliphatic carbocycles. The van der Waals surface area contributed by atoms with Gasteiger partial charge in [0.1, 0.15) is 0 Å². The zero-order valence-corrected chi connectivity index (χ0v) is 10.7. The van der Waals surface area contributed by atoms with Crippen LogP contribution in [0.25, 0.3) is 0 Å². The number of ether oxygens (including phenoxy) is 2. The summed E-state index contributed by atoms with van der Waals surface area (Å²) in [6.07, 6.45) is 0. The number of aromatic amines is 1. The summed E-state index contributed by atoms with van der Waals surface area (Å²) in [5, 5.41) is 0. The highest BCUT2D eigenvalue weighted by molar-refractivity contribution is 5.38. The average molecular weight is 267 g/mol. The van der Waals surface area contributed by atoms with Gasteiger partial charge in [0, 0.05) is 26.2 Å². The summed E-state index contributed by atoms with van der Waals surface area (Å²) in [6, 6.07) is 0. The van der Waals surface area contributed by atoms with Gasteiger partial charge in [0.2, 0.25) is 11.9 Å². The summed E-state index contributed by atoms with van der Waals surface area (Å²) < 4.78 is 10.6. The maximum absolute atomic E-state index is 11.7. The molecule has 0 spiro atoms. The molecule has 0 bridgehead atoms. The lowest BCUT2D eigenvalue weighted by Crippen LogP contribution is -2.41. The third-order valence-corrected chi connectivity index (χ3v) is 3.23. The van der Waals surface area contributed by atoms with Crippen molar-refractivity contribution in [2.75, 3.05) is 62.4 Å². The first-order valence-electron chi connectivity index (χ1n) is 6.47. The lowest BCUT2D eigenvalue weighted by Gasteiger charge is -2.29. The summed E-state index contributed by atoms with van der Waals surface area (Å²) in [4.78, 5) is 26.7. The molecule has 2 saturated heterocycles. The quantitative estimate of drug-likeness (QED) is 0.723. The molecule has 2 fully saturated rings. The zero-order chi connectivity index (χ0) is 13.1. The largest absolute Gasteiger partial charge is 0.378 e. The predicted octanol–water partition coefficient (Wildman–Crippen LogP) is -1.16. The molecule has 1 aromatic heterocycles. The number of rotatable bonds is 2. The second kappa shape index (κ2) is 5.54. The Balaban J connectivity index is 1.84. The molecular weight excluding hydrogens is 250 g/mol. The molecule has 0 atom stereocenters. The molecule has 0 saturated carbocycles. The van der Waals surface area contributed by atoms with Gasteiger partial charge in [-0.15, -0.1) is 0 Å². The molecule has 2 aliphatic rings. The van der Waals surface area contributed by atoms with Crippen molar-refractivity contribution < 1.29 is 9.47 Å². The van der Waals surface area contributed by atoms with Crippen molar-refractivity contribution in [3.05, 3.63) is 10.5 Å². The second-order valence-corrected chi connectivity index (χ2v) is 4.48. The second-order valence-electron chi connectivity index (χ2n) is 4.48. The van der Waals surface area contributed by atoms with Crippen LogP contribution in [0.5, 0.6) is 0 Å². The van der Waals surface area contributed by atoms with E-state index in [1.807, 2.05) is 9.80 Å². The number of morpholine rings is 2. The van der Waals surface area contributed by atoms with Crippen molar-refractivity contribution in [3.63, 3.8) is 0 Å². The fraction of sp³-hybridized carbons (Fsp3) is 0.727. The summed E-state index contributed by atoms with van der Waals surface area (Å²) in [6.45, 7) is 5.48. The van der Waals surface area contributed by atoms with Crippen molar-refractivity contribution in [3.8, 4) is 0 Å². The summed E-state index contributed by atoms with van der Waals surface area (Å²) in [5.41, 5.74) is -0.363. The molecule has 2 aliphatic heterocycles. The van der Waals surface area contributed by atoms with Gasteiger partial charge < -0.3 is 19.3 Å². The van der Waals surface area contributed by atoms with Gasteiger partial charge >= 0.3 is 5.69 Å². The zero-order valence-electron chi connectivity index (χ0n) is 10.7. The first-order chi connectivity index (χ1) is 9.33. The fourth-order valence-electron chi connectivity index (χ4n) is 2.19. The van der Waals surface area contributed by atoms with Crippen LogP contribution in [0.4, 0.5) is 11.9 Å². The monoisotopic (exact) mass is 267 g/mol. The minimum absolute atomic E-state index is 0.363. The van der Waals surface area contributed by atoms with E-state index >= 15 is 0 Å². The number of nitrogens with zero attached hydrogens (tertiary/aromatic N) is 4.